The molecule has 0 unspecified atom stereocenters. The summed E-state index contributed by atoms with van der Waals surface area (Å²) in [5, 5.41) is 4.88. The van der Waals surface area contributed by atoms with Crippen LogP contribution in [0.2, 0.25) is 0 Å². The summed E-state index contributed by atoms with van der Waals surface area (Å²) in [5.74, 6) is -0.288. The molecule has 0 aromatic carbocycles. The van der Waals surface area contributed by atoms with Crippen molar-refractivity contribution >= 4 is 92.4 Å². The Morgan fingerprint density at radius 2 is 1.39 bits per heavy atom. The fraction of sp³-hybridized carbons (Fsp3) is 0.214. The number of likely N-dealkylation sites (N-methyl/N-ethyl adjacent to an activating group) is 2. The zero-order valence-electron chi connectivity index (χ0n) is 25.0. The van der Waals surface area contributed by atoms with Crippen LogP contribution in [0.1, 0.15) is 28.5 Å². The quantitative estimate of drug-likeness (QED) is 0.179. The summed E-state index contributed by atoms with van der Waals surface area (Å²) in [7, 11) is 3.15. The van der Waals surface area contributed by atoms with Gasteiger partial charge in [-0.25, -0.2) is 9.97 Å². The summed E-state index contributed by atoms with van der Waals surface area (Å²) < 4.78 is 3.90. The van der Waals surface area contributed by atoms with Crippen LogP contribution in [0.4, 0.5) is 0 Å². The molecule has 2 amide bonds. The van der Waals surface area contributed by atoms with Crippen LogP contribution in [0.5, 0.6) is 0 Å². The van der Waals surface area contributed by atoms with Gasteiger partial charge in [-0.3, -0.25) is 14.6 Å². The van der Waals surface area contributed by atoms with E-state index < -0.39 is 0 Å². The van der Waals surface area contributed by atoms with Crippen molar-refractivity contribution in [3.05, 3.63) is 103 Å². The van der Waals surface area contributed by atoms with Crippen LogP contribution in [-0.2, 0) is 42.3 Å². The van der Waals surface area contributed by atoms with E-state index in [-0.39, 0.29) is 44.5 Å². The van der Waals surface area contributed by atoms with E-state index in [2.05, 4.69) is 118 Å². The first-order valence-electron chi connectivity index (χ1n) is 12.2. The molecular weight excluding hydrogens is 1200 g/mol. The van der Waals surface area contributed by atoms with Gasteiger partial charge in [0.15, 0.2) is 0 Å². The topological polar surface area (TPSA) is 120 Å². The standard InChI is InChI=1S/C14H16N4O.C10H10N3.C4H7NO.I3.I2.Y/c1-10-8-18(9-16-10)13-6-4-12(17-11(13)2)5-7-14(19)15-3;1-8-6-13(7-12-8)10-4-3-5-11-9(10)2;1-3-4(6)5-2;1-3-2;1-2;/h4-9H,1-3H3,(H,15,19);3-4,6-7H,1-2H3;3H,1H2,2H3,(H,5,6);;;/q;-1;;-1;;/b7-5+;;;;;. The third-order valence-electron chi connectivity index (χ3n) is 5.06. The van der Waals surface area contributed by atoms with E-state index in [0.717, 1.165) is 39.8 Å². The summed E-state index contributed by atoms with van der Waals surface area (Å²) in [4.78, 5) is 38.0. The minimum atomic E-state index is -0.145. The molecule has 0 saturated carbocycles. The number of amides is 2. The van der Waals surface area contributed by atoms with E-state index in [1.165, 1.54) is 12.2 Å². The molecule has 237 valence electrons. The first kappa shape index (κ1) is 46.0. The summed E-state index contributed by atoms with van der Waals surface area (Å²) >= 11 is 9.54. The van der Waals surface area contributed by atoms with Gasteiger partial charge in [0.25, 0.3) is 0 Å². The van der Waals surface area contributed by atoms with E-state index in [4.69, 9.17) is 0 Å². The van der Waals surface area contributed by atoms with Crippen LogP contribution >= 0.6 is 74.5 Å². The van der Waals surface area contributed by atoms with Crippen molar-refractivity contribution in [1.29, 1.82) is 0 Å². The van der Waals surface area contributed by atoms with Gasteiger partial charge in [-0.05, 0) is 50.7 Å². The molecule has 0 saturated heterocycles. The molecule has 16 heteroatoms. The molecule has 44 heavy (non-hydrogen) atoms. The minimum absolute atomic E-state index is 0. The maximum atomic E-state index is 11.1. The number of nitrogens with one attached hydrogen (secondary N) is 2. The molecule has 0 aliphatic carbocycles. The number of nitrogens with zero attached hydrogens (tertiary/aromatic N) is 6. The number of hydrogen-bond donors (Lipinski definition) is 2. The van der Waals surface area contributed by atoms with Crippen LogP contribution in [0.3, 0.4) is 0 Å². The SMILES string of the molecule is C=CC(=O)NC.CNC(=O)/C=C/c1ccc(-n2cnc(C)c2)c(C)n1.Cc1cn(-c2cc[c-]nc2C)cn1.II.I[I-]I.[Y]. The predicted molar refractivity (Wildman–Crippen MR) is 204 cm³/mol. The Kier molecular flexibility index (Phi) is 29.2. The average molecular weight is 1240 g/mol. The molecule has 0 atom stereocenters. The Labute approximate surface area is 338 Å². The van der Waals surface area contributed by atoms with Crippen molar-refractivity contribution < 1.29 is 55.6 Å². The second-order valence-corrected chi connectivity index (χ2v) is 24.3. The number of aryl methyl sites for hydroxylation is 4. The normalized spacial score (nSPS) is 9.32. The van der Waals surface area contributed by atoms with Gasteiger partial charge in [-0.1, -0.05) is 25.4 Å². The molecule has 2 N–H and O–H groups in total. The zero-order valence-corrected chi connectivity index (χ0v) is 38.7. The molecule has 0 aliphatic heterocycles. The van der Waals surface area contributed by atoms with Gasteiger partial charge in [0.2, 0.25) is 11.8 Å². The van der Waals surface area contributed by atoms with Crippen molar-refractivity contribution in [2.45, 2.75) is 27.7 Å². The van der Waals surface area contributed by atoms with Crippen molar-refractivity contribution in [3.8, 4) is 11.4 Å². The predicted octanol–water partition coefficient (Wildman–Crippen LogP) is 3.79. The number of halogens is 5. The molecule has 4 aromatic heterocycles. The first-order valence-corrected chi connectivity index (χ1v) is 31.0. The van der Waals surface area contributed by atoms with Gasteiger partial charge in [-0.2, -0.15) is 6.07 Å². The maximum Gasteiger partial charge on any atom is 0 e. The third kappa shape index (κ3) is 18.9. The van der Waals surface area contributed by atoms with Gasteiger partial charge in [0.1, 0.15) is 0 Å². The Hall–Kier alpha value is -0.106. The van der Waals surface area contributed by atoms with E-state index in [1.54, 1.807) is 38.9 Å². The Balaban J connectivity index is 0. The molecular formula is C28H33I5N8O2Y-2. The second-order valence-electron chi connectivity index (χ2n) is 8.05. The second kappa shape index (κ2) is 28.0. The van der Waals surface area contributed by atoms with E-state index >= 15 is 0 Å². The molecule has 0 bridgehead atoms. The van der Waals surface area contributed by atoms with Crippen LogP contribution in [-0.4, -0.2) is 55.0 Å². The number of rotatable bonds is 5. The minimum Gasteiger partial charge on any atom is 0 e. The molecule has 0 aliphatic rings. The van der Waals surface area contributed by atoms with Crippen LogP contribution in [0, 0.1) is 33.9 Å². The van der Waals surface area contributed by atoms with Crippen LogP contribution < -0.4 is 23.9 Å². The van der Waals surface area contributed by atoms with Crippen molar-refractivity contribution in [2.75, 3.05) is 14.1 Å². The van der Waals surface area contributed by atoms with Gasteiger partial charge in [0, 0.05) is 103 Å². The van der Waals surface area contributed by atoms with E-state index in [1.807, 2.05) is 67.4 Å². The molecule has 4 rings (SSSR count). The maximum absolute atomic E-state index is 11.1. The number of pyridine rings is 2. The number of imidazole rings is 2. The largest absolute Gasteiger partial charge is 0 e. The summed E-state index contributed by atoms with van der Waals surface area (Å²) in [6, 6.07) is 7.62. The molecule has 0 spiro atoms. The number of hydrogen-bond acceptors (Lipinski definition) is 6. The van der Waals surface area contributed by atoms with Gasteiger partial charge >= 0.3 is 50.5 Å². The third-order valence-corrected chi connectivity index (χ3v) is 5.06. The zero-order chi connectivity index (χ0) is 32.8. The van der Waals surface area contributed by atoms with E-state index in [9.17, 15) is 9.59 Å². The number of aromatic nitrogens is 6. The molecule has 0 fully saturated rings. The van der Waals surface area contributed by atoms with E-state index in [0.29, 0.717) is 13.3 Å². The first-order chi connectivity index (χ1) is 20.6. The average Bonchev–Trinajstić information content (AvgIpc) is 3.65. The fourth-order valence-corrected chi connectivity index (χ4v) is 3.09. The van der Waals surface area contributed by atoms with Crippen LogP contribution in [0.25, 0.3) is 17.5 Å². The van der Waals surface area contributed by atoms with Crippen LogP contribution in [0.15, 0.2) is 68.0 Å². The monoisotopic (exact) mass is 1240 g/mol. The van der Waals surface area contributed by atoms with Crippen molar-refractivity contribution in [2.24, 2.45) is 0 Å². The molecule has 10 nitrogen and oxygen atoms in total. The molecule has 4 heterocycles. The fourth-order valence-electron chi connectivity index (χ4n) is 3.09. The molecule has 1 radical (unpaired) electrons. The van der Waals surface area contributed by atoms with Gasteiger partial charge in [0.05, 0.1) is 41.1 Å². The van der Waals surface area contributed by atoms with Gasteiger partial charge < -0.3 is 24.8 Å². The van der Waals surface area contributed by atoms with Crippen molar-refractivity contribution in [1.82, 2.24) is 39.7 Å². The number of carbonyl (C=O) groups is 2. The molecule has 4 aromatic rings. The number of carbonyl (C=O) groups excluding carboxylic acids is 2. The Bertz CT molecular complexity index is 1450. The smallest absolute Gasteiger partial charge is 0 e. The summed E-state index contributed by atoms with van der Waals surface area (Å²) in [6.07, 6.45) is 14.6. The summed E-state index contributed by atoms with van der Waals surface area (Å²) in [5.41, 5.74) is 6.60. The van der Waals surface area contributed by atoms with Gasteiger partial charge in [-0.15, -0.1) is 6.07 Å². The Morgan fingerprint density at radius 3 is 1.75 bits per heavy atom. The Morgan fingerprint density at radius 1 is 0.886 bits per heavy atom. The van der Waals surface area contributed by atoms with Crippen molar-refractivity contribution in [3.63, 3.8) is 0 Å². The summed E-state index contributed by atoms with van der Waals surface area (Å²) in [6.45, 7) is 11.0.